The minimum atomic E-state index is -0.922. The van der Waals surface area contributed by atoms with Crippen LogP contribution in [0, 0.1) is 12.7 Å². The summed E-state index contributed by atoms with van der Waals surface area (Å²) in [4.78, 5) is 5.24. The van der Waals surface area contributed by atoms with E-state index in [4.69, 9.17) is 0 Å². The van der Waals surface area contributed by atoms with Crippen LogP contribution in [0.5, 0.6) is 0 Å². The van der Waals surface area contributed by atoms with E-state index in [0.29, 0.717) is 17.4 Å². The number of thiophene rings is 1. The third-order valence-corrected chi connectivity index (χ3v) is 7.34. The summed E-state index contributed by atoms with van der Waals surface area (Å²) in [5, 5.41) is 13.1. The molecule has 4 nitrogen and oxygen atoms in total. The van der Waals surface area contributed by atoms with Crippen molar-refractivity contribution in [2.45, 2.75) is 31.4 Å². The highest BCUT2D eigenvalue weighted by atomic mass is 79.9. The molecule has 3 heterocycles. The van der Waals surface area contributed by atoms with E-state index in [0.717, 1.165) is 19.2 Å². The van der Waals surface area contributed by atoms with Crippen LogP contribution in [0.15, 0.2) is 28.2 Å². The van der Waals surface area contributed by atoms with Crippen LogP contribution in [-0.4, -0.2) is 27.9 Å². The van der Waals surface area contributed by atoms with E-state index in [1.54, 1.807) is 23.6 Å². The molecule has 0 radical (unpaired) electrons. The Kier molecular flexibility index (Phi) is 4.79. The minimum Gasteiger partial charge on any atom is -0.359 e. The lowest BCUT2D eigenvalue weighted by Crippen LogP contribution is -2.48. The Morgan fingerprint density at radius 3 is 2.81 bits per heavy atom. The fourth-order valence-electron chi connectivity index (χ4n) is 3.27. The number of halogens is 3. The van der Waals surface area contributed by atoms with Crippen molar-refractivity contribution in [3.05, 3.63) is 45.3 Å². The zero-order valence-corrected chi connectivity index (χ0v) is 17.0. The van der Waals surface area contributed by atoms with Gasteiger partial charge in [-0.2, -0.15) is 0 Å². The van der Waals surface area contributed by atoms with Gasteiger partial charge in [0.1, 0.15) is 12.0 Å². The third kappa shape index (κ3) is 3.27. The van der Waals surface area contributed by atoms with E-state index in [9.17, 15) is 8.78 Å². The summed E-state index contributed by atoms with van der Waals surface area (Å²) in [7, 11) is 0. The molecular weight excluding hydrogens is 442 g/mol. The molecule has 0 unspecified atom stereocenters. The molecule has 4 rings (SSSR count). The van der Waals surface area contributed by atoms with Crippen LogP contribution in [-0.2, 0) is 5.41 Å². The Morgan fingerprint density at radius 2 is 2.15 bits per heavy atom. The van der Waals surface area contributed by atoms with Gasteiger partial charge in [-0.3, -0.25) is 4.98 Å². The Balaban J connectivity index is 1.53. The second kappa shape index (κ2) is 6.94. The van der Waals surface area contributed by atoms with E-state index < -0.39 is 17.4 Å². The number of nitrogens with zero attached hydrogens (tertiary/aromatic N) is 3. The Morgan fingerprint density at radius 1 is 1.35 bits per heavy atom. The quantitative estimate of drug-likeness (QED) is 0.561. The maximum absolute atomic E-state index is 14.2. The van der Waals surface area contributed by atoms with Crippen molar-refractivity contribution in [1.82, 2.24) is 15.2 Å². The van der Waals surface area contributed by atoms with Gasteiger partial charge in [0, 0.05) is 18.2 Å². The molecule has 9 heteroatoms. The molecule has 0 aromatic carbocycles. The maximum atomic E-state index is 14.2. The smallest absolute Gasteiger partial charge is 0.206 e. The summed E-state index contributed by atoms with van der Waals surface area (Å²) in [6, 6.07) is 4.96. The topological polar surface area (TPSA) is 50.7 Å². The van der Waals surface area contributed by atoms with Gasteiger partial charge in [0.15, 0.2) is 5.01 Å². The number of alkyl halides is 1. The van der Waals surface area contributed by atoms with Gasteiger partial charge in [0.05, 0.1) is 14.4 Å². The molecule has 0 atom stereocenters. The van der Waals surface area contributed by atoms with Crippen LogP contribution in [0.1, 0.15) is 24.1 Å². The first-order valence-electron chi connectivity index (χ1n) is 8.06. The van der Waals surface area contributed by atoms with E-state index >= 15 is 0 Å². The molecule has 0 amide bonds. The molecule has 1 aliphatic rings. The number of aryl methyl sites for hydroxylation is 1. The summed E-state index contributed by atoms with van der Waals surface area (Å²) in [5.74, 6) is -0.391. The van der Waals surface area contributed by atoms with Gasteiger partial charge in [-0.15, -0.1) is 21.5 Å². The van der Waals surface area contributed by atoms with Crippen molar-refractivity contribution in [2.24, 2.45) is 0 Å². The lowest BCUT2D eigenvalue weighted by atomic mass is 9.65. The van der Waals surface area contributed by atoms with Crippen molar-refractivity contribution in [1.29, 1.82) is 0 Å². The van der Waals surface area contributed by atoms with Gasteiger partial charge in [-0.1, -0.05) is 11.3 Å². The molecular formula is C17H15BrF2N4S2. The predicted octanol–water partition coefficient (Wildman–Crippen LogP) is 5.35. The van der Waals surface area contributed by atoms with Gasteiger partial charge >= 0.3 is 0 Å². The predicted molar refractivity (Wildman–Crippen MR) is 104 cm³/mol. The van der Waals surface area contributed by atoms with Crippen molar-refractivity contribution < 1.29 is 8.78 Å². The summed E-state index contributed by atoms with van der Waals surface area (Å²) >= 11 is 6.52. The van der Waals surface area contributed by atoms with Crippen LogP contribution >= 0.6 is 38.6 Å². The van der Waals surface area contributed by atoms with Crippen molar-refractivity contribution >= 4 is 43.7 Å². The molecule has 0 aliphatic heterocycles. The highest BCUT2D eigenvalue weighted by Crippen LogP contribution is 2.46. The zero-order valence-electron chi connectivity index (χ0n) is 13.8. The number of hydrogen-bond donors (Lipinski definition) is 1. The van der Waals surface area contributed by atoms with Gasteiger partial charge in [-0.25, -0.2) is 8.78 Å². The molecule has 26 heavy (non-hydrogen) atoms. The SMILES string of the molecule is Cc1cc(Br)sc1-c1nnc(NC[C@]2(c3ncccc3F)C[C@H](F)C2)s1. The first-order chi connectivity index (χ1) is 12.5. The van der Waals surface area contributed by atoms with Crippen molar-refractivity contribution in [3.8, 4) is 9.88 Å². The highest BCUT2D eigenvalue weighted by molar-refractivity contribution is 9.11. The van der Waals surface area contributed by atoms with Gasteiger partial charge in [0.25, 0.3) is 0 Å². The van der Waals surface area contributed by atoms with Gasteiger partial charge in [0.2, 0.25) is 5.13 Å². The summed E-state index contributed by atoms with van der Waals surface area (Å²) in [6.45, 7) is 2.41. The number of anilines is 1. The lowest BCUT2D eigenvalue weighted by Gasteiger charge is -2.43. The minimum absolute atomic E-state index is 0.260. The Bertz CT molecular complexity index is 936. The van der Waals surface area contributed by atoms with Crippen molar-refractivity contribution in [2.75, 3.05) is 11.9 Å². The summed E-state index contributed by atoms with van der Waals surface area (Å²) < 4.78 is 28.9. The largest absolute Gasteiger partial charge is 0.359 e. The van der Waals surface area contributed by atoms with Crippen LogP contribution in [0.4, 0.5) is 13.9 Å². The average molecular weight is 457 g/mol. The molecule has 0 bridgehead atoms. The standard InChI is InChI=1S/C17H15BrF2N4S2/c1-9-5-12(18)25-13(9)15-23-24-16(26-15)22-8-17(6-10(19)7-17)14-11(20)3-2-4-21-14/h2-5,10H,6-8H2,1H3,(H,22,24)/t10-,17-. The van der Waals surface area contributed by atoms with Gasteiger partial charge < -0.3 is 5.32 Å². The van der Waals surface area contributed by atoms with Crippen LogP contribution in [0.25, 0.3) is 9.88 Å². The molecule has 1 saturated carbocycles. The highest BCUT2D eigenvalue weighted by Gasteiger charge is 2.48. The fourth-order valence-corrected chi connectivity index (χ4v) is 5.87. The number of rotatable bonds is 5. The van der Waals surface area contributed by atoms with Crippen LogP contribution < -0.4 is 5.32 Å². The summed E-state index contributed by atoms with van der Waals surface area (Å²) in [5.41, 5.74) is 0.818. The van der Waals surface area contributed by atoms with Crippen LogP contribution in [0.2, 0.25) is 0 Å². The molecule has 0 spiro atoms. The van der Waals surface area contributed by atoms with E-state index in [1.807, 2.05) is 13.0 Å². The number of nitrogens with one attached hydrogen (secondary N) is 1. The number of aromatic nitrogens is 3. The molecule has 3 aromatic rings. The van der Waals surface area contributed by atoms with Gasteiger partial charge in [-0.05, 0) is 59.5 Å². The van der Waals surface area contributed by atoms with Crippen LogP contribution in [0.3, 0.4) is 0 Å². The Labute approximate surface area is 165 Å². The lowest BCUT2D eigenvalue weighted by molar-refractivity contribution is 0.0965. The molecule has 1 N–H and O–H groups in total. The number of pyridine rings is 1. The second-order valence-electron chi connectivity index (χ2n) is 6.45. The first-order valence-corrected chi connectivity index (χ1v) is 10.5. The molecule has 1 fully saturated rings. The number of hydrogen-bond acceptors (Lipinski definition) is 6. The second-order valence-corrected chi connectivity index (χ2v) is 9.86. The normalized spacial score (nSPS) is 22.2. The molecule has 136 valence electrons. The molecule has 0 saturated heterocycles. The van der Waals surface area contributed by atoms with E-state index in [-0.39, 0.29) is 12.8 Å². The van der Waals surface area contributed by atoms with Crippen molar-refractivity contribution in [3.63, 3.8) is 0 Å². The third-order valence-electron chi connectivity index (χ3n) is 4.57. The Hall–Kier alpha value is -1.45. The maximum Gasteiger partial charge on any atom is 0.206 e. The fraction of sp³-hybridized carbons (Fsp3) is 0.353. The first kappa shape index (κ1) is 17.9. The van der Waals surface area contributed by atoms with E-state index in [1.165, 1.54) is 17.4 Å². The summed E-state index contributed by atoms with van der Waals surface area (Å²) in [6.07, 6.45) is 1.15. The average Bonchev–Trinajstić information content (AvgIpc) is 3.17. The molecule has 1 aliphatic carbocycles. The van der Waals surface area contributed by atoms with E-state index in [2.05, 4.69) is 36.4 Å². The molecule has 3 aromatic heterocycles. The monoisotopic (exact) mass is 456 g/mol. The zero-order chi connectivity index (χ0) is 18.3.